The fraction of sp³-hybridized carbons (Fsp3) is 0.357. The first kappa shape index (κ1) is 27.2. The van der Waals surface area contributed by atoms with Gasteiger partial charge >= 0.3 is 0 Å². The lowest BCUT2D eigenvalue weighted by Crippen LogP contribution is -2.33. The first-order valence-corrected chi connectivity index (χ1v) is 13.4. The van der Waals surface area contributed by atoms with Crippen LogP contribution in [-0.2, 0) is 10.2 Å². The van der Waals surface area contributed by atoms with Crippen molar-refractivity contribution in [3.05, 3.63) is 71.5 Å². The van der Waals surface area contributed by atoms with Crippen LogP contribution in [0.1, 0.15) is 48.5 Å². The molecule has 5 rings (SSSR count). The molecule has 1 amide bonds. The number of hydrogen-bond acceptors (Lipinski definition) is 9. The predicted octanol–water partition coefficient (Wildman–Crippen LogP) is 3.45. The van der Waals surface area contributed by atoms with E-state index in [1.807, 2.05) is 43.3 Å². The number of hydrogen-bond donors (Lipinski definition) is 4. The topological polar surface area (TPSA) is 143 Å². The van der Waals surface area contributed by atoms with E-state index in [9.17, 15) is 20.1 Å². The Morgan fingerprint density at radius 1 is 1.05 bits per heavy atom. The number of amides is 1. The standard InChI is InChI=1S/C28H31N5O5S/c1-15-5-11-18(12-6-15)39-25-20-23(33(14-29-20)26-22(36)21(35)19(13-34)38-26)30-27(32-25)31-24(37)16-7-9-17(10-8-16)28(2,3)4/h5-12,14,19,21-22,26,34-36H,13H2,1-4H3,(H,30,31,32,37)/t19-,21-,22-,26-/m1/s1. The number of carbonyl (C=O) groups excluding carboxylic acids is 1. The third kappa shape index (κ3) is 5.54. The van der Waals surface area contributed by atoms with Crippen LogP contribution in [0.15, 0.2) is 64.8 Å². The summed E-state index contributed by atoms with van der Waals surface area (Å²) < 4.78 is 7.19. The van der Waals surface area contributed by atoms with Crippen LogP contribution in [-0.4, -0.2) is 65.7 Å². The predicted molar refractivity (Wildman–Crippen MR) is 147 cm³/mol. The molecule has 0 aliphatic carbocycles. The maximum Gasteiger partial charge on any atom is 0.258 e. The van der Waals surface area contributed by atoms with Gasteiger partial charge in [0.15, 0.2) is 11.9 Å². The lowest BCUT2D eigenvalue weighted by atomic mass is 9.87. The van der Waals surface area contributed by atoms with Crippen LogP contribution in [0.3, 0.4) is 0 Å². The number of nitrogens with zero attached hydrogens (tertiary/aromatic N) is 4. The molecule has 2 aromatic heterocycles. The number of fused-ring (bicyclic) bond motifs is 1. The maximum atomic E-state index is 13.1. The quantitative estimate of drug-likeness (QED) is 0.266. The lowest BCUT2D eigenvalue weighted by molar-refractivity contribution is -0.0511. The molecule has 0 spiro atoms. The molecule has 39 heavy (non-hydrogen) atoms. The Labute approximate surface area is 230 Å². The molecular weight excluding hydrogens is 518 g/mol. The number of aromatic nitrogens is 4. The van der Waals surface area contributed by atoms with Gasteiger partial charge in [0.05, 0.1) is 12.9 Å². The van der Waals surface area contributed by atoms with Crippen LogP contribution in [0.25, 0.3) is 11.2 Å². The number of imidazole rings is 1. The Bertz CT molecular complexity index is 1480. The van der Waals surface area contributed by atoms with E-state index in [4.69, 9.17) is 4.74 Å². The van der Waals surface area contributed by atoms with Gasteiger partial charge in [-0.05, 0) is 42.2 Å². The Hall–Kier alpha value is -3.35. The van der Waals surface area contributed by atoms with Crippen LogP contribution in [0, 0.1) is 6.92 Å². The third-order valence-corrected chi connectivity index (χ3v) is 7.64. The largest absolute Gasteiger partial charge is 0.394 e. The minimum atomic E-state index is -1.32. The van der Waals surface area contributed by atoms with Gasteiger partial charge < -0.3 is 20.1 Å². The first-order valence-electron chi connectivity index (χ1n) is 12.6. The van der Waals surface area contributed by atoms with Crippen molar-refractivity contribution in [2.45, 2.75) is 67.6 Å². The molecule has 10 nitrogen and oxygen atoms in total. The van der Waals surface area contributed by atoms with E-state index in [0.717, 1.165) is 16.0 Å². The Morgan fingerprint density at radius 3 is 2.36 bits per heavy atom. The molecule has 204 valence electrons. The van der Waals surface area contributed by atoms with Gasteiger partial charge in [-0.15, -0.1) is 0 Å². The van der Waals surface area contributed by atoms with E-state index in [1.54, 1.807) is 12.1 Å². The number of ether oxygens (including phenoxy) is 1. The highest BCUT2D eigenvalue weighted by molar-refractivity contribution is 7.99. The molecule has 1 aliphatic rings. The van der Waals surface area contributed by atoms with Crippen molar-refractivity contribution in [2.24, 2.45) is 0 Å². The van der Waals surface area contributed by atoms with Gasteiger partial charge in [0.1, 0.15) is 28.9 Å². The lowest BCUT2D eigenvalue weighted by Gasteiger charge is -2.19. The van der Waals surface area contributed by atoms with Crippen LogP contribution < -0.4 is 5.32 Å². The average Bonchev–Trinajstić information content (AvgIpc) is 3.45. The summed E-state index contributed by atoms with van der Waals surface area (Å²) in [6.07, 6.45) is -3.16. The van der Waals surface area contributed by atoms with Crippen molar-refractivity contribution in [3.8, 4) is 0 Å². The van der Waals surface area contributed by atoms with Gasteiger partial charge in [-0.3, -0.25) is 14.7 Å². The summed E-state index contributed by atoms with van der Waals surface area (Å²) in [5.41, 5.74) is 3.37. The summed E-state index contributed by atoms with van der Waals surface area (Å²) in [5.74, 6) is -0.324. The molecule has 2 aromatic carbocycles. The molecule has 1 aliphatic heterocycles. The molecule has 0 saturated carbocycles. The number of benzene rings is 2. The van der Waals surface area contributed by atoms with E-state index >= 15 is 0 Å². The van der Waals surface area contributed by atoms with E-state index in [2.05, 4.69) is 41.0 Å². The molecule has 11 heteroatoms. The molecule has 4 aromatic rings. The van der Waals surface area contributed by atoms with Gasteiger partial charge in [-0.25, -0.2) is 9.97 Å². The molecule has 1 saturated heterocycles. The highest BCUT2D eigenvalue weighted by atomic mass is 32.2. The van der Waals surface area contributed by atoms with Gasteiger partial charge in [0.2, 0.25) is 5.95 Å². The van der Waals surface area contributed by atoms with Crippen molar-refractivity contribution < 1.29 is 24.9 Å². The Morgan fingerprint density at radius 2 is 1.74 bits per heavy atom. The van der Waals surface area contributed by atoms with E-state index in [-0.39, 0.29) is 17.3 Å². The molecule has 1 fully saturated rings. The van der Waals surface area contributed by atoms with Crippen LogP contribution in [0.2, 0.25) is 0 Å². The molecule has 4 atom stereocenters. The van der Waals surface area contributed by atoms with Crippen molar-refractivity contribution in [1.82, 2.24) is 19.5 Å². The van der Waals surface area contributed by atoms with E-state index in [0.29, 0.717) is 21.8 Å². The summed E-state index contributed by atoms with van der Waals surface area (Å²) in [5, 5.41) is 33.7. The number of anilines is 1. The average molecular weight is 550 g/mol. The minimum Gasteiger partial charge on any atom is -0.394 e. The molecule has 3 heterocycles. The zero-order chi connectivity index (χ0) is 27.9. The zero-order valence-electron chi connectivity index (χ0n) is 22.1. The number of rotatable bonds is 6. The van der Waals surface area contributed by atoms with Crippen molar-refractivity contribution in [3.63, 3.8) is 0 Å². The van der Waals surface area contributed by atoms with Crippen LogP contribution in [0.5, 0.6) is 0 Å². The fourth-order valence-corrected chi connectivity index (χ4v) is 5.20. The zero-order valence-corrected chi connectivity index (χ0v) is 22.9. The van der Waals surface area contributed by atoms with E-state index < -0.39 is 31.1 Å². The number of carbonyl (C=O) groups is 1. The second-order valence-electron chi connectivity index (χ2n) is 10.6. The van der Waals surface area contributed by atoms with Gasteiger partial charge in [0, 0.05) is 10.5 Å². The second-order valence-corrected chi connectivity index (χ2v) is 11.7. The van der Waals surface area contributed by atoms with Crippen molar-refractivity contribution >= 4 is 34.8 Å². The molecule has 4 N–H and O–H groups in total. The highest BCUT2D eigenvalue weighted by Crippen LogP contribution is 2.36. The highest BCUT2D eigenvalue weighted by Gasteiger charge is 2.44. The van der Waals surface area contributed by atoms with E-state index in [1.165, 1.54) is 22.7 Å². The fourth-order valence-electron chi connectivity index (χ4n) is 4.33. The Kier molecular flexibility index (Phi) is 7.45. The summed E-state index contributed by atoms with van der Waals surface area (Å²) in [4.78, 5) is 27.6. The monoisotopic (exact) mass is 549 g/mol. The number of nitrogens with one attached hydrogen (secondary N) is 1. The number of aliphatic hydroxyl groups excluding tert-OH is 3. The smallest absolute Gasteiger partial charge is 0.258 e. The third-order valence-electron chi connectivity index (χ3n) is 6.65. The summed E-state index contributed by atoms with van der Waals surface area (Å²) in [7, 11) is 0. The summed E-state index contributed by atoms with van der Waals surface area (Å²) in [6, 6.07) is 15.3. The van der Waals surface area contributed by atoms with Gasteiger partial charge in [0.25, 0.3) is 5.91 Å². The molecule has 0 unspecified atom stereocenters. The van der Waals surface area contributed by atoms with Crippen LogP contribution >= 0.6 is 11.8 Å². The van der Waals surface area contributed by atoms with Crippen molar-refractivity contribution in [1.29, 1.82) is 0 Å². The van der Waals surface area contributed by atoms with Gasteiger partial charge in [-0.1, -0.05) is 62.4 Å². The van der Waals surface area contributed by atoms with Gasteiger partial charge in [-0.2, -0.15) is 4.98 Å². The number of aliphatic hydroxyl groups is 3. The molecular formula is C28H31N5O5S. The first-order chi connectivity index (χ1) is 18.5. The maximum absolute atomic E-state index is 13.1. The number of aryl methyl sites for hydroxylation is 1. The summed E-state index contributed by atoms with van der Waals surface area (Å²) >= 11 is 1.36. The minimum absolute atomic E-state index is 0.0425. The second kappa shape index (κ2) is 10.7. The van der Waals surface area contributed by atoms with Crippen molar-refractivity contribution in [2.75, 3.05) is 11.9 Å². The normalized spacial score (nSPS) is 21.4. The molecule has 0 radical (unpaired) electrons. The molecule has 0 bridgehead atoms. The SMILES string of the molecule is Cc1ccc(Sc2nc(NC(=O)c3ccc(C(C)(C)C)cc3)nc3c2ncn3[C@@H]2O[C@H](CO)[C@@H](O)[C@H]2O)cc1. The van der Waals surface area contributed by atoms with Crippen LogP contribution in [0.4, 0.5) is 5.95 Å². The Balaban J connectivity index is 1.52. The summed E-state index contributed by atoms with van der Waals surface area (Å²) in [6.45, 7) is 7.86.